The maximum atomic E-state index is 12.4. The number of amides is 3. The first-order valence-electron chi connectivity index (χ1n) is 8.33. The van der Waals surface area contributed by atoms with Crippen molar-refractivity contribution in [1.82, 2.24) is 5.32 Å². The van der Waals surface area contributed by atoms with Crippen molar-refractivity contribution >= 4 is 34.9 Å². The minimum absolute atomic E-state index is 0.140. The second-order valence-corrected chi connectivity index (χ2v) is 6.52. The van der Waals surface area contributed by atoms with Crippen LogP contribution in [0.1, 0.15) is 12.5 Å². The molecule has 3 amide bonds. The van der Waals surface area contributed by atoms with Gasteiger partial charge in [0.2, 0.25) is 0 Å². The Hall–Kier alpha value is -2.73. The average molecular weight is 374 g/mol. The van der Waals surface area contributed by atoms with Crippen LogP contribution >= 0.6 is 11.6 Å². The Morgan fingerprint density at radius 2 is 2.12 bits per heavy atom. The van der Waals surface area contributed by atoms with E-state index in [4.69, 9.17) is 16.3 Å². The zero-order valence-corrected chi connectivity index (χ0v) is 15.3. The number of ether oxygens (including phenoxy) is 1. The van der Waals surface area contributed by atoms with E-state index in [0.717, 1.165) is 11.3 Å². The summed E-state index contributed by atoms with van der Waals surface area (Å²) in [4.78, 5) is 25.8. The van der Waals surface area contributed by atoms with Crippen LogP contribution in [0.2, 0.25) is 5.02 Å². The van der Waals surface area contributed by atoms with Crippen molar-refractivity contribution in [2.24, 2.45) is 0 Å². The van der Waals surface area contributed by atoms with E-state index in [2.05, 4.69) is 10.6 Å². The first kappa shape index (κ1) is 18.1. The van der Waals surface area contributed by atoms with E-state index in [0.29, 0.717) is 29.5 Å². The van der Waals surface area contributed by atoms with Gasteiger partial charge in [-0.3, -0.25) is 9.69 Å². The molecular formula is C19H20ClN3O3. The highest BCUT2D eigenvalue weighted by molar-refractivity contribution is 6.32. The highest BCUT2D eigenvalue weighted by atomic mass is 35.5. The van der Waals surface area contributed by atoms with Crippen molar-refractivity contribution in [3.8, 4) is 5.75 Å². The Morgan fingerprint density at radius 3 is 2.85 bits per heavy atom. The largest absolute Gasteiger partial charge is 0.479 e. The normalized spacial score (nSPS) is 14.7. The fraction of sp³-hybridized carbons (Fsp3) is 0.263. The molecule has 1 aliphatic rings. The topological polar surface area (TPSA) is 70.7 Å². The molecule has 0 saturated carbocycles. The lowest BCUT2D eigenvalue weighted by Crippen LogP contribution is -2.30. The van der Waals surface area contributed by atoms with Crippen LogP contribution in [0.4, 0.5) is 16.2 Å². The van der Waals surface area contributed by atoms with Crippen LogP contribution in [0.3, 0.4) is 0 Å². The van der Waals surface area contributed by atoms with Crippen LogP contribution in [0.15, 0.2) is 42.5 Å². The number of rotatable bonds is 5. The molecule has 2 N–H and O–H groups in total. The highest BCUT2D eigenvalue weighted by Gasteiger charge is 2.22. The van der Waals surface area contributed by atoms with Crippen LogP contribution < -0.4 is 20.3 Å². The Bertz CT molecular complexity index is 841. The van der Waals surface area contributed by atoms with Gasteiger partial charge in [-0.2, -0.15) is 0 Å². The molecule has 1 aliphatic heterocycles. The smallest absolute Gasteiger partial charge is 0.321 e. The summed E-state index contributed by atoms with van der Waals surface area (Å²) in [5.41, 5.74) is 2.32. The van der Waals surface area contributed by atoms with Crippen LogP contribution in [0.5, 0.6) is 5.75 Å². The third-order valence-corrected chi connectivity index (χ3v) is 4.35. The zero-order valence-electron chi connectivity index (χ0n) is 14.6. The summed E-state index contributed by atoms with van der Waals surface area (Å²) in [7, 11) is 0. The molecule has 0 aromatic heterocycles. The number of hydrogen-bond acceptors (Lipinski definition) is 3. The van der Waals surface area contributed by atoms with Crippen molar-refractivity contribution in [3.05, 3.63) is 53.1 Å². The zero-order chi connectivity index (χ0) is 18.7. The molecule has 136 valence electrons. The number of urea groups is 1. The van der Waals surface area contributed by atoms with Crippen molar-refractivity contribution in [2.45, 2.75) is 20.0 Å². The summed E-state index contributed by atoms with van der Waals surface area (Å²) in [5, 5.41) is 6.02. The van der Waals surface area contributed by atoms with Crippen molar-refractivity contribution in [3.63, 3.8) is 0 Å². The lowest BCUT2D eigenvalue weighted by Gasteiger charge is -2.18. The van der Waals surface area contributed by atoms with Gasteiger partial charge in [0.15, 0.2) is 6.10 Å². The van der Waals surface area contributed by atoms with E-state index < -0.39 is 6.10 Å². The number of hydrogen-bond donors (Lipinski definition) is 2. The molecule has 0 bridgehead atoms. The van der Waals surface area contributed by atoms with Gasteiger partial charge in [0.05, 0.1) is 5.02 Å². The molecular weight excluding hydrogens is 354 g/mol. The molecule has 0 spiro atoms. The first-order chi connectivity index (χ1) is 12.4. The predicted molar refractivity (Wildman–Crippen MR) is 102 cm³/mol. The van der Waals surface area contributed by atoms with Crippen LogP contribution in [0.25, 0.3) is 0 Å². The fourth-order valence-electron chi connectivity index (χ4n) is 2.66. The number of carbonyl (C=O) groups excluding carboxylic acids is 2. The summed E-state index contributed by atoms with van der Waals surface area (Å²) in [5.74, 6) is 0.169. The molecule has 3 rings (SSSR count). The van der Waals surface area contributed by atoms with Crippen LogP contribution in [-0.4, -0.2) is 31.1 Å². The van der Waals surface area contributed by atoms with Gasteiger partial charge in [-0.1, -0.05) is 23.7 Å². The van der Waals surface area contributed by atoms with E-state index in [9.17, 15) is 9.59 Å². The number of anilines is 2. The lowest BCUT2D eigenvalue weighted by molar-refractivity contribution is -0.122. The second-order valence-electron chi connectivity index (χ2n) is 6.12. The molecule has 2 aromatic carbocycles. The van der Waals surface area contributed by atoms with Crippen LogP contribution in [0, 0.1) is 6.92 Å². The second kappa shape index (κ2) is 7.66. The molecule has 6 nitrogen and oxygen atoms in total. The van der Waals surface area contributed by atoms with E-state index in [1.54, 1.807) is 42.2 Å². The summed E-state index contributed by atoms with van der Waals surface area (Å²) in [6, 6.07) is 12.4. The van der Waals surface area contributed by atoms with E-state index in [-0.39, 0.29) is 11.9 Å². The number of benzene rings is 2. The van der Waals surface area contributed by atoms with E-state index in [1.807, 2.05) is 19.1 Å². The molecule has 1 fully saturated rings. The van der Waals surface area contributed by atoms with Gasteiger partial charge in [0, 0.05) is 24.5 Å². The maximum absolute atomic E-state index is 12.4. The summed E-state index contributed by atoms with van der Waals surface area (Å²) >= 11 is 6.11. The number of nitrogens with zero attached hydrogens (tertiary/aromatic N) is 1. The lowest BCUT2D eigenvalue weighted by atomic mass is 10.2. The third kappa shape index (κ3) is 4.08. The van der Waals surface area contributed by atoms with Gasteiger partial charge in [-0.15, -0.1) is 0 Å². The van der Waals surface area contributed by atoms with Crippen molar-refractivity contribution in [2.75, 3.05) is 23.3 Å². The van der Waals surface area contributed by atoms with E-state index >= 15 is 0 Å². The minimum atomic E-state index is -0.729. The van der Waals surface area contributed by atoms with Crippen molar-refractivity contribution < 1.29 is 14.3 Å². The van der Waals surface area contributed by atoms with Crippen LogP contribution in [-0.2, 0) is 4.79 Å². The molecule has 2 aromatic rings. The Labute approximate surface area is 157 Å². The fourth-order valence-corrected chi connectivity index (χ4v) is 2.82. The Morgan fingerprint density at radius 1 is 1.31 bits per heavy atom. The SMILES string of the molecule is Cc1ccc(Cl)c(OC(C)C(=O)Nc2cccc(N3CCNC3=O)c2)c1. The molecule has 7 heteroatoms. The van der Waals surface area contributed by atoms with Gasteiger partial charge in [0.1, 0.15) is 5.75 Å². The highest BCUT2D eigenvalue weighted by Crippen LogP contribution is 2.27. The molecule has 1 heterocycles. The number of aryl methyl sites for hydroxylation is 1. The quantitative estimate of drug-likeness (QED) is 0.841. The number of carbonyl (C=O) groups is 2. The van der Waals surface area contributed by atoms with Gasteiger partial charge in [-0.05, 0) is 49.7 Å². The molecule has 0 aliphatic carbocycles. The molecule has 1 saturated heterocycles. The van der Waals surface area contributed by atoms with E-state index in [1.165, 1.54) is 0 Å². The summed E-state index contributed by atoms with van der Waals surface area (Å²) < 4.78 is 5.69. The van der Waals surface area contributed by atoms with Crippen molar-refractivity contribution in [1.29, 1.82) is 0 Å². The average Bonchev–Trinajstić information content (AvgIpc) is 3.04. The Kier molecular flexibility index (Phi) is 5.32. The minimum Gasteiger partial charge on any atom is -0.479 e. The first-order valence-corrected chi connectivity index (χ1v) is 8.71. The van der Waals surface area contributed by atoms with Gasteiger partial charge < -0.3 is 15.4 Å². The predicted octanol–water partition coefficient (Wildman–Crippen LogP) is 3.58. The maximum Gasteiger partial charge on any atom is 0.321 e. The van der Waals surface area contributed by atoms with Gasteiger partial charge in [0.25, 0.3) is 5.91 Å². The third-order valence-electron chi connectivity index (χ3n) is 4.04. The standard InChI is InChI=1S/C19H20ClN3O3/c1-12-6-7-16(20)17(10-12)26-13(2)18(24)22-14-4-3-5-15(11-14)23-9-8-21-19(23)25/h3-7,10-11,13H,8-9H2,1-2H3,(H,21,25)(H,22,24). The van der Waals surface area contributed by atoms with Gasteiger partial charge in [-0.25, -0.2) is 4.79 Å². The summed E-state index contributed by atoms with van der Waals surface area (Å²) in [6.07, 6.45) is -0.729. The summed E-state index contributed by atoms with van der Waals surface area (Å²) in [6.45, 7) is 4.79. The molecule has 1 atom stereocenters. The number of halogens is 1. The Balaban J connectivity index is 1.67. The van der Waals surface area contributed by atoms with Gasteiger partial charge >= 0.3 is 6.03 Å². The molecule has 1 unspecified atom stereocenters. The number of nitrogens with one attached hydrogen (secondary N) is 2. The monoisotopic (exact) mass is 373 g/mol. The molecule has 26 heavy (non-hydrogen) atoms. The molecule has 0 radical (unpaired) electrons.